The van der Waals surface area contributed by atoms with Gasteiger partial charge in [-0.05, 0) is 68.7 Å². The summed E-state index contributed by atoms with van der Waals surface area (Å²) in [5.41, 5.74) is 6.54. The van der Waals surface area contributed by atoms with Crippen molar-refractivity contribution in [2.75, 3.05) is 13.2 Å². The Hall–Kier alpha value is -2.82. The van der Waals surface area contributed by atoms with Gasteiger partial charge < -0.3 is 9.47 Å². The first-order valence-corrected chi connectivity index (χ1v) is 8.25. The van der Waals surface area contributed by atoms with Crippen molar-refractivity contribution >= 4 is 12.1 Å². The molecule has 1 amide bonds. The zero-order chi connectivity index (χ0) is 18.2. The number of amides is 1. The van der Waals surface area contributed by atoms with Crippen molar-refractivity contribution in [2.45, 2.75) is 27.7 Å². The van der Waals surface area contributed by atoms with Gasteiger partial charge in [-0.25, -0.2) is 5.43 Å². The Bertz CT molecular complexity index is 729. The Kier molecular flexibility index (Phi) is 6.57. The summed E-state index contributed by atoms with van der Waals surface area (Å²) in [5.74, 6) is 1.25. The van der Waals surface area contributed by atoms with Crippen molar-refractivity contribution in [3.8, 4) is 11.5 Å². The molecule has 2 aromatic rings. The normalized spacial score (nSPS) is 10.7. The molecule has 0 radical (unpaired) electrons. The topological polar surface area (TPSA) is 59.9 Å². The molecule has 5 heteroatoms. The van der Waals surface area contributed by atoms with Crippen LogP contribution >= 0.6 is 0 Å². The number of carbonyl (C=O) groups is 1. The highest BCUT2D eigenvalue weighted by atomic mass is 16.5. The first-order valence-electron chi connectivity index (χ1n) is 8.25. The minimum atomic E-state index is -0.304. The van der Waals surface area contributed by atoms with Gasteiger partial charge in [0, 0.05) is 0 Å². The molecule has 2 rings (SSSR count). The third kappa shape index (κ3) is 5.64. The van der Waals surface area contributed by atoms with Crippen LogP contribution in [0.4, 0.5) is 0 Å². The number of ether oxygens (including phenoxy) is 2. The van der Waals surface area contributed by atoms with Gasteiger partial charge in [0.15, 0.2) is 6.61 Å². The van der Waals surface area contributed by atoms with Gasteiger partial charge in [-0.3, -0.25) is 4.79 Å². The maximum Gasteiger partial charge on any atom is 0.277 e. The quantitative estimate of drug-likeness (QED) is 0.619. The molecule has 1 N–H and O–H groups in total. The molecule has 132 valence electrons. The maximum atomic E-state index is 11.9. The van der Waals surface area contributed by atoms with Crippen LogP contribution in [-0.2, 0) is 4.79 Å². The van der Waals surface area contributed by atoms with Crippen molar-refractivity contribution in [2.24, 2.45) is 5.10 Å². The van der Waals surface area contributed by atoms with Crippen LogP contribution in [0.25, 0.3) is 0 Å². The van der Waals surface area contributed by atoms with E-state index in [0.29, 0.717) is 6.61 Å². The van der Waals surface area contributed by atoms with Crippen molar-refractivity contribution in [3.05, 3.63) is 58.7 Å². The van der Waals surface area contributed by atoms with Crippen LogP contribution in [-0.4, -0.2) is 25.3 Å². The lowest BCUT2D eigenvalue weighted by Gasteiger charge is -2.12. The van der Waals surface area contributed by atoms with Crippen LogP contribution in [0.1, 0.15) is 29.2 Å². The number of benzene rings is 2. The molecule has 0 fully saturated rings. The largest absolute Gasteiger partial charge is 0.494 e. The summed E-state index contributed by atoms with van der Waals surface area (Å²) in [6.45, 7) is 8.46. The predicted octanol–water partition coefficient (Wildman–Crippen LogP) is 3.54. The number of hydrogen-bond acceptors (Lipinski definition) is 4. The second-order valence-electron chi connectivity index (χ2n) is 5.81. The van der Waals surface area contributed by atoms with Crippen LogP contribution in [0.3, 0.4) is 0 Å². The van der Waals surface area contributed by atoms with E-state index in [0.717, 1.165) is 28.2 Å². The third-order valence-corrected chi connectivity index (χ3v) is 3.55. The van der Waals surface area contributed by atoms with Crippen LogP contribution in [0.5, 0.6) is 11.5 Å². The van der Waals surface area contributed by atoms with Gasteiger partial charge in [0.1, 0.15) is 11.5 Å². The average molecular weight is 340 g/mol. The molecule has 25 heavy (non-hydrogen) atoms. The van der Waals surface area contributed by atoms with Gasteiger partial charge in [0.05, 0.1) is 12.8 Å². The van der Waals surface area contributed by atoms with Crippen molar-refractivity contribution in [3.63, 3.8) is 0 Å². The number of hydrogen-bond donors (Lipinski definition) is 1. The number of aryl methyl sites for hydroxylation is 3. The number of carbonyl (C=O) groups excluding carboxylic acids is 1. The van der Waals surface area contributed by atoms with E-state index in [1.54, 1.807) is 6.21 Å². The summed E-state index contributed by atoms with van der Waals surface area (Å²) in [6, 6.07) is 11.5. The van der Waals surface area contributed by atoms with Crippen molar-refractivity contribution in [1.29, 1.82) is 0 Å². The zero-order valence-corrected chi connectivity index (χ0v) is 15.1. The van der Waals surface area contributed by atoms with E-state index in [4.69, 9.17) is 9.47 Å². The fourth-order valence-electron chi connectivity index (χ4n) is 2.56. The summed E-state index contributed by atoms with van der Waals surface area (Å²) < 4.78 is 11.0. The third-order valence-electron chi connectivity index (χ3n) is 3.55. The molecule has 0 atom stereocenters. The Morgan fingerprint density at radius 1 is 1.08 bits per heavy atom. The van der Waals surface area contributed by atoms with E-state index >= 15 is 0 Å². The minimum absolute atomic E-state index is 0.0780. The average Bonchev–Trinajstić information content (AvgIpc) is 2.56. The van der Waals surface area contributed by atoms with E-state index in [2.05, 4.69) is 10.5 Å². The number of nitrogens with zero attached hydrogens (tertiary/aromatic N) is 1. The predicted molar refractivity (Wildman–Crippen MR) is 99.5 cm³/mol. The summed E-state index contributed by atoms with van der Waals surface area (Å²) in [5, 5.41) is 3.94. The number of hydrazone groups is 1. The Morgan fingerprint density at radius 2 is 1.72 bits per heavy atom. The zero-order valence-electron chi connectivity index (χ0n) is 15.1. The molecule has 2 aromatic carbocycles. The van der Waals surface area contributed by atoms with Crippen LogP contribution in [0.15, 0.2) is 41.5 Å². The van der Waals surface area contributed by atoms with Crippen LogP contribution in [0, 0.1) is 20.8 Å². The first-order chi connectivity index (χ1) is 12.0. The highest BCUT2D eigenvalue weighted by Gasteiger charge is 2.07. The van der Waals surface area contributed by atoms with E-state index < -0.39 is 0 Å². The molecule has 0 aliphatic heterocycles. The lowest BCUT2D eigenvalue weighted by Crippen LogP contribution is -2.25. The molecule has 0 saturated heterocycles. The van der Waals surface area contributed by atoms with Crippen molar-refractivity contribution < 1.29 is 14.3 Å². The number of nitrogens with one attached hydrogen (secondary N) is 1. The monoisotopic (exact) mass is 340 g/mol. The molecule has 0 aliphatic carbocycles. The number of rotatable bonds is 7. The molecule has 0 spiro atoms. The van der Waals surface area contributed by atoms with Crippen molar-refractivity contribution in [1.82, 2.24) is 5.43 Å². The molecule has 0 aromatic heterocycles. The molecule has 5 nitrogen and oxygen atoms in total. The van der Waals surface area contributed by atoms with E-state index in [9.17, 15) is 4.79 Å². The molecule has 0 unspecified atom stereocenters. The van der Waals surface area contributed by atoms with E-state index in [1.165, 1.54) is 5.56 Å². The second kappa shape index (κ2) is 8.87. The summed E-state index contributed by atoms with van der Waals surface area (Å²) in [6.07, 6.45) is 1.58. The Labute approximate surface area is 148 Å². The Morgan fingerprint density at radius 3 is 2.32 bits per heavy atom. The molecule has 0 saturated carbocycles. The van der Waals surface area contributed by atoms with Gasteiger partial charge in [-0.1, -0.05) is 17.7 Å². The lowest BCUT2D eigenvalue weighted by molar-refractivity contribution is -0.123. The molecule has 0 heterocycles. The molecular weight excluding hydrogens is 316 g/mol. The SMILES string of the molecule is CCOc1ccc(C=NNC(=O)COc2c(C)cc(C)cc2C)cc1. The Balaban J connectivity index is 1.84. The van der Waals surface area contributed by atoms with Gasteiger partial charge in [-0.2, -0.15) is 5.10 Å². The summed E-state index contributed by atoms with van der Waals surface area (Å²) >= 11 is 0. The van der Waals surface area contributed by atoms with Crippen LogP contribution in [0.2, 0.25) is 0 Å². The summed E-state index contributed by atoms with van der Waals surface area (Å²) in [4.78, 5) is 11.9. The fourth-order valence-corrected chi connectivity index (χ4v) is 2.56. The first kappa shape index (κ1) is 18.5. The lowest BCUT2D eigenvalue weighted by atomic mass is 10.1. The fraction of sp³-hybridized carbons (Fsp3) is 0.300. The molecule has 0 aliphatic rings. The molecule has 0 bridgehead atoms. The van der Waals surface area contributed by atoms with E-state index in [-0.39, 0.29) is 12.5 Å². The molecular formula is C20H24N2O3. The minimum Gasteiger partial charge on any atom is -0.494 e. The smallest absolute Gasteiger partial charge is 0.277 e. The maximum absolute atomic E-state index is 11.9. The van der Waals surface area contributed by atoms with Gasteiger partial charge >= 0.3 is 0 Å². The van der Waals surface area contributed by atoms with Crippen LogP contribution < -0.4 is 14.9 Å². The highest BCUT2D eigenvalue weighted by Crippen LogP contribution is 2.24. The second-order valence-corrected chi connectivity index (χ2v) is 5.81. The van der Waals surface area contributed by atoms with E-state index in [1.807, 2.05) is 64.1 Å². The highest BCUT2D eigenvalue weighted by molar-refractivity contribution is 5.83. The summed E-state index contributed by atoms with van der Waals surface area (Å²) in [7, 11) is 0. The van der Waals surface area contributed by atoms with Gasteiger partial charge in [0.25, 0.3) is 5.91 Å². The van der Waals surface area contributed by atoms with Gasteiger partial charge in [-0.15, -0.1) is 0 Å². The standard InChI is InChI=1S/C20H24N2O3/c1-5-24-18-8-6-17(7-9-18)12-21-22-19(23)13-25-20-15(3)10-14(2)11-16(20)4/h6-12H,5,13H2,1-4H3,(H,22,23). The van der Waals surface area contributed by atoms with Gasteiger partial charge in [0.2, 0.25) is 0 Å².